The van der Waals surface area contributed by atoms with E-state index in [1.165, 1.54) is 0 Å². The van der Waals surface area contributed by atoms with Crippen molar-refractivity contribution in [3.05, 3.63) is 34.9 Å². The van der Waals surface area contributed by atoms with Crippen LogP contribution in [0, 0.1) is 0 Å². The third kappa shape index (κ3) is 7.65. The fraction of sp³-hybridized carbons (Fsp3) is 0.438. The lowest BCUT2D eigenvalue weighted by Crippen LogP contribution is -2.49. The molecule has 0 saturated carbocycles. The largest absolute Gasteiger partial charge is 0.481 e. The molecule has 1 rings (SSSR count). The van der Waals surface area contributed by atoms with Gasteiger partial charge in [-0.05, 0) is 38.0 Å². The summed E-state index contributed by atoms with van der Waals surface area (Å²) in [6, 6.07) is 5.84. The number of carboxylic acid groups (broad SMARTS) is 1. The second-order valence-corrected chi connectivity index (χ2v) is 5.96. The summed E-state index contributed by atoms with van der Waals surface area (Å²) >= 11 is 5.78. The van der Waals surface area contributed by atoms with Gasteiger partial charge in [-0.15, -0.1) is 0 Å². The monoisotopic (exact) mass is 340 g/mol. The van der Waals surface area contributed by atoms with E-state index in [0.29, 0.717) is 5.02 Å². The van der Waals surface area contributed by atoms with E-state index in [2.05, 4.69) is 10.6 Å². The Morgan fingerprint density at radius 3 is 2.26 bits per heavy atom. The number of amides is 2. The number of rotatable bonds is 8. The van der Waals surface area contributed by atoms with Crippen molar-refractivity contribution in [3.8, 4) is 0 Å². The molecule has 1 aromatic rings. The first-order chi connectivity index (χ1) is 10.8. The van der Waals surface area contributed by atoms with Crippen LogP contribution in [0.1, 0.15) is 32.3 Å². The molecule has 0 aliphatic rings. The van der Waals surface area contributed by atoms with Crippen molar-refractivity contribution in [1.29, 1.82) is 0 Å². The van der Waals surface area contributed by atoms with Gasteiger partial charge in [0.25, 0.3) is 0 Å². The molecule has 126 valence electrons. The Balaban J connectivity index is 2.66. The number of nitrogens with one attached hydrogen (secondary N) is 2. The maximum absolute atomic E-state index is 12.1. The molecule has 7 heteroatoms. The summed E-state index contributed by atoms with van der Waals surface area (Å²) in [7, 11) is 0. The molecule has 0 aliphatic carbocycles. The summed E-state index contributed by atoms with van der Waals surface area (Å²) in [6.45, 7) is 3.59. The van der Waals surface area contributed by atoms with Crippen LogP contribution in [0.3, 0.4) is 0 Å². The van der Waals surface area contributed by atoms with Gasteiger partial charge in [-0.25, -0.2) is 0 Å². The molecule has 6 nitrogen and oxygen atoms in total. The van der Waals surface area contributed by atoms with Crippen molar-refractivity contribution in [2.24, 2.45) is 0 Å². The van der Waals surface area contributed by atoms with E-state index in [9.17, 15) is 14.4 Å². The minimum atomic E-state index is -1.01. The summed E-state index contributed by atoms with van der Waals surface area (Å²) in [5.74, 6) is -1.74. The third-order valence-corrected chi connectivity index (χ3v) is 3.26. The van der Waals surface area contributed by atoms with Gasteiger partial charge in [-0.3, -0.25) is 14.4 Å². The normalized spacial score (nSPS) is 11.8. The van der Waals surface area contributed by atoms with Gasteiger partial charge in [0.1, 0.15) is 6.04 Å². The van der Waals surface area contributed by atoms with Crippen LogP contribution in [-0.2, 0) is 20.8 Å². The Hall–Kier alpha value is -2.08. The average Bonchev–Trinajstić information content (AvgIpc) is 2.44. The third-order valence-electron chi connectivity index (χ3n) is 3.01. The van der Waals surface area contributed by atoms with E-state index >= 15 is 0 Å². The summed E-state index contributed by atoms with van der Waals surface area (Å²) in [5, 5.41) is 14.6. The molecule has 1 atom stereocenters. The molecule has 0 heterocycles. The van der Waals surface area contributed by atoms with Crippen LogP contribution in [0.25, 0.3) is 0 Å². The van der Waals surface area contributed by atoms with E-state index in [0.717, 1.165) is 5.56 Å². The van der Waals surface area contributed by atoms with Gasteiger partial charge in [-0.2, -0.15) is 0 Å². The summed E-state index contributed by atoms with van der Waals surface area (Å²) in [4.78, 5) is 34.8. The Bertz CT molecular complexity index is 558. The van der Waals surface area contributed by atoms with E-state index in [-0.39, 0.29) is 37.1 Å². The highest BCUT2D eigenvalue weighted by molar-refractivity contribution is 6.30. The number of carboxylic acids is 1. The van der Waals surface area contributed by atoms with Crippen molar-refractivity contribution in [2.75, 3.05) is 0 Å². The SMILES string of the molecule is CC(C)NC(=O)[C@H](CCC(=O)O)NC(=O)Cc1ccc(Cl)cc1. The Kier molecular flexibility index (Phi) is 7.54. The molecule has 0 radical (unpaired) electrons. The topological polar surface area (TPSA) is 95.5 Å². The number of hydrogen-bond acceptors (Lipinski definition) is 3. The molecule has 0 bridgehead atoms. The van der Waals surface area contributed by atoms with Gasteiger partial charge >= 0.3 is 5.97 Å². The molecule has 0 aliphatic heterocycles. The maximum Gasteiger partial charge on any atom is 0.303 e. The van der Waals surface area contributed by atoms with Gasteiger partial charge < -0.3 is 15.7 Å². The molecule has 2 amide bonds. The van der Waals surface area contributed by atoms with Crippen LogP contribution in [0.4, 0.5) is 0 Å². The lowest BCUT2D eigenvalue weighted by molar-refractivity contribution is -0.138. The van der Waals surface area contributed by atoms with E-state index in [4.69, 9.17) is 16.7 Å². The molecule has 1 aromatic carbocycles. The predicted molar refractivity (Wildman–Crippen MR) is 87.2 cm³/mol. The number of carbonyl (C=O) groups is 3. The van der Waals surface area contributed by atoms with Crippen LogP contribution in [0.15, 0.2) is 24.3 Å². The Labute approximate surface area is 140 Å². The highest BCUT2D eigenvalue weighted by Crippen LogP contribution is 2.10. The standard InChI is InChI=1S/C16H21ClN2O4/c1-10(2)18-16(23)13(7-8-15(21)22)19-14(20)9-11-3-5-12(17)6-4-11/h3-6,10,13H,7-9H2,1-2H3,(H,18,23)(H,19,20)(H,21,22)/t13-/m0/s1. The van der Waals surface area contributed by atoms with Gasteiger partial charge in [0, 0.05) is 17.5 Å². The fourth-order valence-corrected chi connectivity index (χ4v) is 2.08. The maximum atomic E-state index is 12.1. The van der Waals surface area contributed by atoms with Crippen LogP contribution in [0.5, 0.6) is 0 Å². The molecule has 23 heavy (non-hydrogen) atoms. The number of benzene rings is 1. The van der Waals surface area contributed by atoms with Gasteiger partial charge in [-0.1, -0.05) is 23.7 Å². The highest BCUT2D eigenvalue weighted by atomic mass is 35.5. The van der Waals surface area contributed by atoms with Gasteiger partial charge in [0.2, 0.25) is 11.8 Å². The number of halogens is 1. The molecule has 0 unspecified atom stereocenters. The average molecular weight is 341 g/mol. The van der Waals surface area contributed by atoms with E-state index in [1.54, 1.807) is 38.1 Å². The lowest BCUT2D eigenvalue weighted by Gasteiger charge is -2.19. The predicted octanol–water partition coefficient (Wildman–Crippen LogP) is 1.76. The number of aliphatic carboxylic acids is 1. The quantitative estimate of drug-likeness (QED) is 0.672. The van der Waals surface area contributed by atoms with E-state index < -0.39 is 12.0 Å². The fourth-order valence-electron chi connectivity index (χ4n) is 1.95. The second-order valence-electron chi connectivity index (χ2n) is 5.52. The summed E-state index contributed by atoms with van der Waals surface area (Å²) < 4.78 is 0. The first kappa shape index (κ1) is 19.0. The van der Waals surface area contributed by atoms with Crippen molar-refractivity contribution in [1.82, 2.24) is 10.6 Å². The molecule has 0 saturated heterocycles. The lowest BCUT2D eigenvalue weighted by atomic mass is 10.1. The molecule has 0 spiro atoms. The first-order valence-electron chi connectivity index (χ1n) is 7.34. The molecule has 0 aromatic heterocycles. The summed E-state index contributed by atoms with van der Waals surface area (Å²) in [5.41, 5.74) is 0.758. The van der Waals surface area contributed by atoms with Gasteiger partial charge in [0.15, 0.2) is 0 Å². The zero-order valence-electron chi connectivity index (χ0n) is 13.1. The summed E-state index contributed by atoms with van der Waals surface area (Å²) in [6.07, 6.45) is -0.0622. The Morgan fingerprint density at radius 1 is 1.13 bits per heavy atom. The smallest absolute Gasteiger partial charge is 0.303 e. The zero-order chi connectivity index (χ0) is 17.4. The molecular weight excluding hydrogens is 320 g/mol. The van der Waals surface area contributed by atoms with E-state index in [1.807, 2.05) is 0 Å². The molecular formula is C16H21ClN2O4. The molecule has 3 N–H and O–H groups in total. The molecule has 0 fully saturated rings. The first-order valence-corrected chi connectivity index (χ1v) is 7.71. The van der Waals surface area contributed by atoms with Crippen molar-refractivity contribution in [3.63, 3.8) is 0 Å². The highest BCUT2D eigenvalue weighted by Gasteiger charge is 2.22. The van der Waals surface area contributed by atoms with Crippen LogP contribution >= 0.6 is 11.6 Å². The van der Waals surface area contributed by atoms with Crippen LogP contribution in [-0.4, -0.2) is 35.0 Å². The minimum Gasteiger partial charge on any atom is -0.481 e. The van der Waals surface area contributed by atoms with Crippen molar-refractivity contribution < 1.29 is 19.5 Å². The Morgan fingerprint density at radius 2 is 1.74 bits per heavy atom. The number of hydrogen-bond donors (Lipinski definition) is 3. The van der Waals surface area contributed by atoms with Crippen molar-refractivity contribution >= 4 is 29.4 Å². The second kappa shape index (κ2) is 9.15. The van der Waals surface area contributed by atoms with Crippen LogP contribution in [0.2, 0.25) is 5.02 Å². The van der Waals surface area contributed by atoms with Crippen LogP contribution < -0.4 is 10.6 Å². The number of carbonyl (C=O) groups excluding carboxylic acids is 2. The zero-order valence-corrected chi connectivity index (χ0v) is 13.9. The minimum absolute atomic E-state index is 0.0419. The van der Waals surface area contributed by atoms with Crippen molar-refractivity contribution in [2.45, 2.75) is 45.2 Å². The van der Waals surface area contributed by atoms with Gasteiger partial charge in [0.05, 0.1) is 6.42 Å².